The molecule has 0 spiro atoms. The second-order valence-corrected chi connectivity index (χ2v) is 6.55. The van der Waals surface area contributed by atoms with Gasteiger partial charge in [0, 0.05) is 19.2 Å². The Morgan fingerprint density at radius 1 is 1.45 bits per heavy atom. The summed E-state index contributed by atoms with van der Waals surface area (Å²) in [6.45, 7) is 2.68. The van der Waals surface area contributed by atoms with Gasteiger partial charge in [-0.2, -0.15) is 0 Å². The number of imidazole rings is 1. The van der Waals surface area contributed by atoms with Crippen LogP contribution in [0.5, 0.6) is 0 Å². The SMILES string of the molecule is Cc1ncoc1CNS(=O)(=O)c1cn2c(n1)CCCC2. The van der Waals surface area contributed by atoms with Crippen molar-refractivity contribution in [3.63, 3.8) is 0 Å². The lowest BCUT2D eigenvalue weighted by Gasteiger charge is -2.11. The third-order valence-electron chi connectivity index (χ3n) is 3.43. The van der Waals surface area contributed by atoms with Gasteiger partial charge in [-0.25, -0.2) is 23.1 Å². The van der Waals surface area contributed by atoms with Crippen LogP contribution < -0.4 is 4.72 Å². The zero-order valence-electron chi connectivity index (χ0n) is 11.2. The van der Waals surface area contributed by atoms with Crippen LogP contribution in [0.4, 0.5) is 0 Å². The van der Waals surface area contributed by atoms with Crippen LogP contribution in [0.15, 0.2) is 22.0 Å². The Kier molecular flexibility index (Phi) is 3.35. The molecule has 0 amide bonds. The lowest BCUT2D eigenvalue weighted by atomic mass is 10.2. The number of fused-ring (bicyclic) bond motifs is 1. The van der Waals surface area contributed by atoms with E-state index in [1.54, 1.807) is 13.1 Å². The molecule has 0 radical (unpaired) electrons. The molecular weight excluding hydrogens is 280 g/mol. The smallest absolute Gasteiger partial charge is 0.260 e. The van der Waals surface area contributed by atoms with E-state index in [1.807, 2.05) is 4.57 Å². The third kappa shape index (κ3) is 2.48. The molecule has 3 rings (SSSR count). The molecule has 0 atom stereocenters. The van der Waals surface area contributed by atoms with E-state index in [9.17, 15) is 8.42 Å². The van der Waals surface area contributed by atoms with E-state index in [0.717, 1.165) is 31.6 Å². The summed E-state index contributed by atoms with van der Waals surface area (Å²) in [6.07, 6.45) is 5.85. The predicted octanol–water partition coefficient (Wildman–Crippen LogP) is 0.994. The molecule has 1 aliphatic heterocycles. The quantitative estimate of drug-likeness (QED) is 0.908. The van der Waals surface area contributed by atoms with Gasteiger partial charge in [0.2, 0.25) is 0 Å². The summed E-state index contributed by atoms with van der Waals surface area (Å²) in [4.78, 5) is 8.13. The Morgan fingerprint density at radius 2 is 2.30 bits per heavy atom. The number of aryl methyl sites for hydroxylation is 3. The summed E-state index contributed by atoms with van der Waals surface area (Å²) in [7, 11) is -3.62. The molecule has 0 bridgehead atoms. The van der Waals surface area contributed by atoms with Crippen molar-refractivity contribution in [2.45, 2.75) is 44.3 Å². The number of hydrogen-bond acceptors (Lipinski definition) is 5. The Balaban J connectivity index is 1.78. The summed E-state index contributed by atoms with van der Waals surface area (Å²) in [5, 5.41) is 0.0755. The first-order valence-electron chi connectivity index (χ1n) is 6.51. The van der Waals surface area contributed by atoms with Crippen LogP contribution in [0.3, 0.4) is 0 Å². The van der Waals surface area contributed by atoms with Crippen LogP contribution in [0.25, 0.3) is 0 Å². The van der Waals surface area contributed by atoms with Crippen molar-refractivity contribution < 1.29 is 12.8 Å². The van der Waals surface area contributed by atoms with Crippen LogP contribution in [0, 0.1) is 6.92 Å². The molecule has 108 valence electrons. The van der Waals surface area contributed by atoms with Gasteiger partial charge >= 0.3 is 0 Å². The minimum atomic E-state index is -3.62. The van der Waals surface area contributed by atoms with Gasteiger partial charge in [0.05, 0.1) is 12.2 Å². The number of aromatic nitrogens is 3. The second-order valence-electron chi connectivity index (χ2n) is 4.83. The molecule has 0 saturated carbocycles. The number of nitrogens with zero attached hydrogens (tertiary/aromatic N) is 3. The fraction of sp³-hybridized carbons (Fsp3) is 0.500. The molecule has 0 saturated heterocycles. The minimum absolute atomic E-state index is 0.0755. The average molecular weight is 296 g/mol. The highest BCUT2D eigenvalue weighted by Gasteiger charge is 2.22. The van der Waals surface area contributed by atoms with Crippen molar-refractivity contribution in [3.05, 3.63) is 29.9 Å². The maximum Gasteiger partial charge on any atom is 0.260 e. The van der Waals surface area contributed by atoms with Gasteiger partial charge in [0.1, 0.15) is 11.6 Å². The van der Waals surface area contributed by atoms with Crippen molar-refractivity contribution in [2.75, 3.05) is 0 Å². The van der Waals surface area contributed by atoms with Crippen molar-refractivity contribution in [1.29, 1.82) is 0 Å². The Labute approximate surface area is 117 Å². The van der Waals surface area contributed by atoms with E-state index in [4.69, 9.17) is 4.42 Å². The molecule has 1 aliphatic rings. The highest BCUT2D eigenvalue weighted by atomic mass is 32.2. The second kappa shape index (κ2) is 5.02. The maximum absolute atomic E-state index is 12.2. The van der Waals surface area contributed by atoms with Crippen molar-refractivity contribution in [2.24, 2.45) is 0 Å². The Morgan fingerprint density at radius 3 is 3.00 bits per heavy atom. The van der Waals surface area contributed by atoms with Crippen LogP contribution in [0.2, 0.25) is 0 Å². The van der Waals surface area contributed by atoms with Crippen LogP contribution in [-0.2, 0) is 29.5 Å². The average Bonchev–Trinajstić information content (AvgIpc) is 3.02. The lowest BCUT2D eigenvalue weighted by Crippen LogP contribution is -2.23. The topological polar surface area (TPSA) is 90.0 Å². The van der Waals surface area contributed by atoms with Gasteiger partial charge in [-0.05, 0) is 19.8 Å². The summed E-state index contributed by atoms with van der Waals surface area (Å²) < 4.78 is 33.9. The monoisotopic (exact) mass is 296 g/mol. The van der Waals surface area contributed by atoms with E-state index in [0.29, 0.717) is 11.5 Å². The standard InChI is InChI=1S/C12H16N4O3S/c1-9-10(19-8-13-9)6-14-20(17,18)12-7-16-5-3-2-4-11(16)15-12/h7-8,14H,2-6H2,1H3. The highest BCUT2D eigenvalue weighted by molar-refractivity contribution is 7.89. The summed E-state index contributed by atoms with van der Waals surface area (Å²) in [6, 6.07) is 0. The maximum atomic E-state index is 12.2. The highest BCUT2D eigenvalue weighted by Crippen LogP contribution is 2.17. The first-order valence-corrected chi connectivity index (χ1v) is 7.99. The largest absolute Gasteiger partial charge is 0.447 e. The molecule has 0 aromatic carbocycles. The van der Waals surface area contributed by atoms with Crippen molar-refractivity contribution >= 4 is 10.0 Å². The van der Waals surface area contributed by atoms with E-state index in [1.165, 1.54) is 6.39 Å². The van der Waals surface area contributed by atoms with E-state index in [-0.39, 0.29) is 11.6 Å². The number of nitrogens with one attached hydrogen (secondary N) is 1. The van der Waals surface area contributed by atoms with Crippen LogP contribution in [-0.4, -0.2) is 23.0 Å². The summed E-state index contributed by atoms with van der Waals surface area (Å²) in [5.41, 5.74) is 0.678. The molecule has 1 N–H and O–H groups in total. The number of hydrogen-bond donors (Lipinski definition) is 1. The molecule has 2 aromatic heterocycles. The van der Waals surface area contributed by atoms with E-state index in [2.05, 4.69) is 14.7 Å². The molecule has 3 heterocycles. The zero-order valence-corrected chi connectivity index (χ0v) is 12.0. The normalized spacial score (nSPS) is 15.2. The van der Waals surface area contributed by atoms with Gasteiger partial charge in [-0.15, -0.1) is 0 Å². The van der Waals surface area contributed by atoms with Crippen LogP contribution >= 0.6 is 0 Å². The van der Waals surface area contributed by atoms with Crippen molar-refractivity contribution in [3.8, 4) is 0 Å². The molecule has 0 fully saturated rings. The van der Waals surface area contributed by atoms with Gasteiger partial charge in [0.15, 0.2) is 11.4 Å². The molecule has 7 nitrogen and oxygen atoms in total. The first-order chi connectivity index (χ1) is 9.56. The number of sulfonamides is 1. The summed E-state index contributed by atoms with van der Waals surface area (Å²) >= 11 is 0. The minimum Gasteiger partial charge on any atom is -0.447 e. The molecule has 20 heavy (non-hydrogen) atoms. The van der Waals surface area contributed by atoms with E-state index < -0.39 is 10.0 Å². The molecule has 2 aromatic rings. The molecule has 8 heteroatoms. The van der Waals surface area contributed by atoms with Gasteiger partial charge in [-0.1, -0.05) is 0 Å². The Bertz CT molecular complexity index is 693. The third-order valence-corrected chi connectivity index (χ3v) is 4.70. The molecule has 0 unspecified atom stereocenters. The van der Waals surface area contributed by atoms with Crippen molar-refractivity contribution in [1.82, 2.24) is 19.3 Å². The summed E-state index contributed by atoms with van der Waals surface area (Å²) in [5.74, 6) is 1.35. The lowest BCUT2D eigenvalue weighted by molar-refractivity contribution is 0.491. The number of rotatable bonds is 4. The fourth-order valence-electron chi connectivity index (χ4n) is 2.25. The van der Waals surface area contributed by atoms with E-state index >= 15 is 0 Å². The van der Waals surface area contributed by atoms with Gasteiger partial charge < -0.3 is 8.98 Å². The van der Waals surface area contributed by atoms with Gasteiger partial charge in [0.25, 0.3) is 10.0 Å². The molecular formula is C12H16N4O3S. The Hall–Kier alpha value is -1.67. The van der Waals surface area contributed by atoms with Gasteiger partial charge in [-0.3, -0.25) is 0 Å². The zero-order chi connectivity index (χ0) is 14.2. The molecule has 0 aliphatic carbocycles. The number of oxazole rings is 1. The first kappa shape index (κ1) is 13.3. The van der Waals surface area contributed by atoms with Crippen LogP contribution in [0.1, 0.15) is 30.1 Å². The predicted molar refractivity (Wildman–Crippen MR) is 70.4 cm³/mol. The fourth-order valence-corrected chi connectivity index (χ4v) is 3.21.